The summed E-state index contributed by atoms with van der Waals surface area (Å²) in [7, 11) is 0. The summed E-state index contributed by atoms with van der Waals surface area (Å²) < 4.78 is 0. The number of hydrogen-bond donors (Lipinski definition) is 4. The second kappa shape index (κ2) is 9.53. The van der Waals surface area contributed by atoms with E-state index in [9.17, 15) is 14.4 Å². The maximum Gasteiger partial charge on any atom is 0.244 e. The molecule has 0 radical (unpaired) electrons. The molecule has 3 amide bonds. The maximum absolute atomic E-state index is 12.5. The Labute approximate surface area is 152 Å². The van der Waals surface area contributed by atoms with Gasteiger partial charge in [0.25, 0.3) is 0 Å². The third-order valence-electron chi connectivity index (χ3n) is 4.16. The van der Waals surface area contributed by atoms with Gasteiger partial charge in [-0.1, -0.05) is 49.4 Å². The number of carbonyl (C=O) groups excluding carboxylic acids is 3. The van der Waals surface area contributed by atoms with Crippen LogP contribution in [0.15, 0.2) is 42.5 Å². The quantitative estimate of drug-likeness (QED) is 0.296. The van der Waals surface area contributed by atoms with E-state index in [0.717, 1.165) is 16.3 Å². The molecule has 1 unspecified atom stereocenters. The van der Waals surface area contributed by atoms with E-state index >= 15 is 0 Å². The van der Waals surface area contributed by atoms with Gasteiger partial charge in [-0.15, -0.1) is 0 Å². The lowest BCUT2D eigenvalue weighted by Crippen LogP contribution is -2.53. The van der Waals surface area contributed by atoms with Crippen molar-refractivity contribution in [3.63, 3.8) is 0 Å². The zero-order valence-corrected chi connectivity index (χ0v) is 14.7. The first-order chi connectivity index (χ1) is 12.6. The summed E-state index contributed by atoms with van der Waals surface area (Å²) in [4.78, 5) is 35.0. The minimum Gasteiger partial charge on any atom is -0.343 e. The number of amides is 3. The van der Waals surface area contributed by atoms with Crippen molar-refractivity contribution in [1.29, 1.82) is 0 Å². The summed E-state index contributed by atoms with van der Waals surface area (Å²) in [5.41, 5.74) is 6.71. The van der Waals surface area contributed by atoms with Crippen molar-refractivity contribution in [2.24, 2.45) is 5.73 Å². The van der Waals surface area contributed by atoms with Gasteiger partial charge >= 0.3 is 0 Å². The molecular formula is C19H24N4O3. The third kappa shape index (κ3) is 5.03. The van der Waals surface area contributed by atoms with Crippen molar-refractivity contribution in [3.05, 3.63) is 48.0 Å². The van der Waals surface area contributed by atoms with Crippen LogP contribution in [0, 0.1) is 0 Å². The normalized spacial score (nSPS) is 12.8. The largest absolute Gasteiger partial charge is 0.343 e. The van der Waals surface area contributed by atoms with Gasteiger partial charge in [-0.2, -0.15) is 0 Å². The van der Waals surface area contributed by atoms with Gasteiger partial charge in [0.1, 0.15) is 6.04 Å². The topological polar surface area (TPSA) is 113 Å². The van der Waals surface area contributed by atoms with Crippen LogP contribution >= 0.6 is 0 Å². The number of nitrogens with two attached hydrogens (primary N) is 1. The molecule has 0 fully saturated rings. The van der Waals surface area contributed by atoms with Crippen LogP contribution in [-0.4, -0.2) is 37.0 Å². The van der Waals surface area contributed by atoms with E-state index in [1.54, 1.807) is 6.92 Å². The molecule has 0 heterocycles. The Bertz CT molecular complexity index is 773. The molecule has 2 aromatic rings. The summed E-state index contributed by atoms with van der Waals surface area (Å²) in [5.74, 6) is -0.764. The molecule has 2 aromatic carbocycles. The molecular weight excluding hydrogens is 332 g/mol. The van der Waals surface area contributed by atoms with Crippen LogP contribution < -0.4 is 21.7 Å². The molecule has 0 saturated heterocycles. The van der Waals surface area contributed by atoms with E-state index < -0.39 is 12.1 Å². The highest BCUT2D eigenvalue weighted by molar-refractivity contribution is 5.91. The summed E-state index contributed by atoms with van der Waals surface area (Å²) in [5, 5.41) is 9.74. The molecule has 5 N–H and O–H groups in total. The van der Waals surface area contributed by atoms with Crippen LogP contribution in [0.1, 0.15) is 18.9 Å². The van der Waals surface area contributed by atoms with Gasteiger partial charge in [0, 0.05) is 6.42 Å². The average Bonchev–Trinajstić information content (AvgIpc) is 2.67. The summed E-state index contributed by atoms with van der Waals surface area (Å²) in [6.07, 6.45) is 1.28. The predicted octanol–water partition coefficient (Wildman–Crippen LogP) is 0.424. The highest BCUT2D eigenvalue weighted by Gasteiger charge is 2.23. The average molecular weight is 356 g/mol. The molecule has 0 aliphatic heterocycles. The van der Waals surface area contributed by atoms with Crippen molar-refractivity contribution in [3.8, 4) is 0 Å². The summed E-state index contributed by atoms with van der Waals surface area (Å²) >= 11 is 0. The van der Waals surface area contributed by atoms with E-state index in [1.165, 1.54) is 0 Å². The van der Waals surface area contributed by atoms with E-state index in [2.05, 4.69) is 16.0 Å². The molecule has 7 heteroatoms. The Morgan fingerprint density at radius 3 is 2.58 bits per heavy atom. The zero-order chi connectivity index (χ0) is 18.9. The molecule has 138 valence electrons. The Morgan fingerprint density at radius 2 is 1.85 bits per heavy atom. The van der Waals surface area contributed by atoms with Gasteiger partial charge in [-0.3, -0.25) is 14.4 Å². The van der Waals surface area contributed by atoms with Crippen molar-refractivity contribution < 1.29 is 14.4 Å². The van der Waals surface area contributed by atoms with Crippen molar-refractivity contribution >= 4 is 29.0 Å². The van der Waals surface area contributed by atoms with E-state index in [-0.39, 0.29) is 18.5 Å². The first-order valence-electron chi connectivity index (χ1n) is 8.54. The summed E-state index contributed by atoms with van der Waals surface area (Å²) in [6, 6.07) is 12.2. The van der Waals surface area contributed by atoms with Crippen LogP contribution in [-0.2, 0) is 20.8 Å². The van der Waals surface area contributed by atoms with Crippen LogP contribution in [0.3, 0.4) is 0 Å². The van der Waals surface area contributed by atoms with Gasteiger partial charge in [0.15, 0.2) is 0 Å². The minimum atomic E-state index is -0.792. The monoisotopic (exact) mass is 356 g/mol. The molecule has 2 atom stereocenters. The maximum atomic E-state index is 12.5. The van der Waals surface area contributed by atoms with Gasteiger partial charge in [0.05, 0.1) is 12.7 Å². The Morgan fingerprint density at radius 1 is 1.12 bits per heavy atom. The molecule has 0 spiro atoms. The fourth-order valence-electron chi connectivity index (χ4n) is 2.67. The van der Waals surface area contributed by atoms with Gasteiger partial charge in [-0.25, -0.2) is 0 Å². The molecule has 0 aliphatic carbocycles. The van der Waals surface area contributed by atoms with Crippen molar-refractivity contribution in [2.45, 2.75) is 31.8 Å². The standard InChI is InChI=1S/C19H24N4O3/c1-2-16(20)18(25)23-17(19(26)22-11-21-12-24)10-14-8-5-7-13-6-3-4-9-15(13)14/h3-9,12,16-17H,2,10-11,20H2,1H3,(H,21,24)(H,22,26)(H,23,25)/t16?,17-/m1/s1. The van der Waals surface area contributed by atoms with Crippen LogP contribution in [0.5, 0.6) is 0 Å². The smallest absolute Gasteiger partial charge is 0.244 e. The van der Waals surface area contributed by atoms with Crippen molar-refractivity contribution in [1.82, 2.24) is 16.0 Å². The van der Waals surface area contributed by atoms with Gasteiger partial charge in [0.2, 0.25) is 18.2 Å². The first kappa shape index (κ1) is 19.4. The van der Waals surface area contributed by atoms with Crippen LogP contribution in [0.2, 0.25) is 0 Å². The van der Waals surface area contributed by atoms with Crippen molar-refractivity contribution in [2.75, 3.05) is 6.67 Å². The lowest BCUT2D eigenvalue weighted by Gasteiger charge is -2.21. The fraction of sp³-hybridized carbons (Fsp3) is 0.316. The highest BCUT2D eigenvalue weighted by Crippen LogP contribution is 2.20. The van der Waals surface area contributed by atoms with Gasteiger partial charge < -0.3 is 21.7 Å². The third-order valence-corrected chi connectivity index (χ3v) is 4.16. The molecule has 0 aromatic heterocycles. The Hall–Kier alpha value is -2.93. The molecule has 0 saturated carbocycles. The number of hydrogen-bond acceptors (Lipinski definition) is 4. The minimum absolute atomic E-state index is 0.00985. The second-order valence-electron chi connectivity index (χ2n) is 5.96. The van der Waals surface area contributed by atoms with E-state index in [1.807, 2.05) is 42.5 Å². The zero-order valence-electron chi connectivity index (χ0n) is 14.7. The highest BCUT2D eigenvalue weighted by atomic mass is 16.2. The van der Waals surface area contributed by atoms with Crippen LogP contribution in [0.4, 0.5) is 0 Å². The number of rotatable bonds is 9. The van der Waals surface area contributed by atoms with Gasteiger partial charge in [-0.05, 0) is 22.8 Å². The Kier molecular flexibility index (Phi) is 7.11. The summed E-state index contributed by atoms with van der Waals surface area (Å²) in [6.45, 7) is 1.79. The molecule has 26 heavy (non-hydrogen) atoms. The molecule has 0 bridgehead atoms. The number of benzene rings is 2. The molecule has 2 rings (SSSR count). The molecule has 7 nitrogen and oxygen atoms in total. The molecule has 0 aliphatic rings. The van der Waals surface area contributed by atoms with E-state index in [0.29, 0.717) is 19.3 Å². The predicted molar refractivity (Wildman–Crippen MR) is 100 cm³/mol. The SMILES string of the molecule is CCC(N)C(=O)N[C@H](Cc1cccc2ccccc12)C(=O)NCNC=O. The lowest BCUT2D eigenvalue weighted by atomic mass is 9.98. The fourth-order valence-corrected chi connectivity index (χ4v) is 2.67. The number of carbonyl (C=O) groups is 3. The first-order valence-corrected chi connectivity index (χ1v) is 8.54. The lowest BCUT2D eigenvalue weighted by molar-refractivity contribution is -0.129. The van der Waals surface area contributed by atoms with E-state index in [4.69, 9.17) is 5.73 Å². The van der Waals surface area contributed by atoms with Crippen LogP contribution in [0.25, 0.3) is 10.8 Å². The Balaban J connectivity index is 2.22. The number of fused-ring (bicyclic) bond motifs is 1. The second-order valence-corrected chi connectivity index (χ2v) is 5.96. The number of nitrogens with one attached hydrogen (secondary N) is 3.